The van der Waals surface area contributed by atoms with Crippen molar-refractivity contribution in [3.63, 3.8) is 0 Å². The van der Waals surface area contributed by atoms with Crippen LogP contribution in [0, 0.1) is 0 Å². The lowest BCUT2D eigenvalue weighted by atomic mass is 10.1. The maximum Gasteiger partial charge on any atom is 0.185 e. The molecule has 1 heterocycles. The van der Waals surface area contributed by atoms with E-state index in [-0.39, 0.29) is 5.78 Å². The molecule has 0 unspecified atom stereocenters. The molecule has 0 atom stereocenters. The summed E-state index contributed by atoms with van der Waals surface area (Å²) in [7, 11) is 1.64. The molecule has 0 aliphatic heterocycles. The van der Waals surface area contributed by atoms with Gasteiger partial charge in [0.15, 0.2) is 5.78 Å². The van der Waals surface area contributed by atoms with Crippen molar-refractivity contribution >= 4 is 39.4 Å². The summed E-state index contributed by atoms with van der Waals surface area (Å²) >= 11 is 9.24. The maximum absolute atomic E-state index is 12.3. The minimum Gasteiger partial charge on any atom is -0.496 e. The number of hydrogen-bond donors (Lipinski definition) is 0. The van der Waals surface area contributed by atoms with E-state index in [1.807, 2.05) is 29.1 Å². The Morgan fingerprint density at radius 2 is 2.04 bits per heavy atom. The van der Waals surface area contributed by atoms with Gasteiger partial charge < -0.3 is 4.74 Å². The molecule has 0 saturated carbocycles. The van der Waals surface area contributed by atoms with Gasteiger partial charge >= 0.3 is 0 Å². The lowest BCUT2D eigenvalue weighted by molar-refractivity contribution is 0.104. The highest BCUT2D eigenvalue weighted by atomic mass is 79.9. The van der Waals surface area contributed by atoms with Gasteiger partial charge in [-0.3, -0.25) is 9.48 Å². The van der Waals surface area contributed by atoms with Crippen LogP contribution in [0.5, 0.6) is 5.75 Å². The molecule has 1 aromatic heterocycles. The second-order valence-corrected chi connectivity index (χ2v) is 6.98. The van der Waals surface area contributed by atoms with Crippen molar-refractivity contribution in [2.24, 2.45) is 0 Å². The van der Waals surface area contributed by atoms with Crippen LogP contribution in [-0.4, -0.2) is 22.7 Å². The van der Waals surface area contributed by atoms with Crippen molar-refractivity contribution in [3.05, 3.63) is 87.1 Å². The van der Waals surface area contributed by atoms with Crippen molar-refractivity contribution < 1.29 is 9.53 Å². The number of rotatable bonds is 6. The molecule has 2 aromatic carbocycles. The minimum absolute atomic E-state index is 0.0740. The Balaban J connectivity index is 1.80. The zero-order valence-corrected chi connectivity index (χ0v) is 16.4. The molecule has 0 amide bonds. The molecule has 0 fully saturated rings. The van der Waals surface area contributed by atoms with Gasteiger partial charge in [-0.05, 0) is 64.0 Å². The Morgan fingerprint density at radius 1 is 1.27 bits per heavy atom. The number of methoxy groups -OCH3 is 1. The smallest absolute Gasteiger partial charge is 0.185 e. The van der Waals surface area contributed by atoms with Crippen LogP contribution in [0.3, 0.4) is 0 Å². The van der Waals surface area contributed by atoms with E-state index in [4.69, 9.17) is 16.3 Å². The summed E-state index contributed by atoms with van der Waals surface area (Å²) < 4.78 is 8.16. The summed E-state index contributed by atoms with van der Waals surface area (Å²) in [6.07, 6.45) is 6.98. The van der Waals surface area contributed by atoms with Crippen molar-refractivity contribution in [3.8, 4) is 5.75 Å². The van der Waals surface area contributed by atoms with E-state index in [1.165, 1.54) is 0 Å². The van der Waals surface area contributed by atoms with Crippen LogP contribution in [0.25, 0.3) is 6.08 Å². The van der Waals surface area contributed by atoms with Gasteiger partial charge in [-0.1, -0.05) is 23.7 Å². The summed E-state index contributed by atoms with van der Waals surface area (Å²) in [5.41, 5.74) is 2.49. The molecule has 0 spiro atoms. The molecular formula is C20H16BrClN2O2. The fourth-order valence-electron chi connectivity index (χ4n) is 2.51. The normalized spacial score (nSPS) is 11.0. The van der Waals surface area contributed by atoms with Gasteiger partial charge in [0.1, 0.15) is 5.75 Å². The van der Waals surface area contributed by atoms with Gasteiger partial charge in [0, 0.05) is 22.3 Å². The van der Waals surface area contributed by atoms with E-state index in [0.29, 0.717) is 17.1 Å². The molecule has 26 heavy (non-hydrogen) atoms. The number of carbonyl (C=O) groups excluding carboxylic acids is 1. The molecular weight excluding hydrogens is 416 g/mol. The van der Waals surface area contributed by atoms with E-state index < -0.39 is 0 Å². The average Bonchev–Trinajstić information content (AvgIpc) is 3.05. The Kier molecular flexibility index (Phi) is 5.91. The van der Waals surface area contributed by atoms with Gasteiger partial charge in [0.2, 0.25) is 0 Å². The summed E-state index contributed by atoms with van der Waals surface area (Å²) in [5.74, 6) is 0.702. The predicted molar refractivity (Wildman–Crippen MR) is 107 cm³/mol. The van der Waals surface area contributed by atoms with Crippen molar-refractivity contribution in [1.29, 1.82) is 0 Å². The van der Waals surface area contributed by atoms with E-state index in [2.05, 4.69) is 21.0 Å². The molecule has 0 aliphatic carbocycles. The molecule has 0 radical (unpaired) electrons. The van der Waals surface area contributed by atoms with Gasteiger partial charge in [0.05, 0.1) is 24.3 Å². The molecule has 0 aliphatic rings. The van der Waals surface area contributed by atoms with Crippen molar-refractivity contribution in [2.45, 2.75) is 6.54 Å². The Labute approximate surface area is 165 Å². The molecule has 3 rings (SSSR count). The second-order valence-electron chi connectivity index (χ2n) is 5.63. The SMILES string of the molecule is COc1ccc(/C=C/C(=O)c2ccc(Cl)cc2)cc1Cn1cc(Br)cn1. The lowest BCUT2D eigenvalue weighted by Gasteiger charge is -2.09. The first kappa shape index (κ1) is 18.4. The number of ketones is 1. The molecule has 0 bridgehead atoms. The number of benzene rings is 2. The number of nitrogens with zero attached hydrogens (tertiary/aromatic N) is 2. The van der Waals surface area contributed by atoms with Gasteiger partial charge in [-0.2, -0.15) is 5.10 Å². The Morgan fingerprint density at radius 3 is 2.69 bits per heavy atom. The zero-order valence-electron chi connectivity index (χ0n) is 14.0. The summed E-state index contributed by atoms with van der Waals surface area (Å²) in [5, 5.41) is 4.88. The number of hydrogen-bond acceptors (Lipinski definition) is 3. The highest BCUT2D eigenvalue weighted by molar-refractivity contribution is 9.10. The van der Waals surface area contributed by atoms with Crippen LogP contribution in [0.4, 0.5) is 0 Å². The zero-order chi connectivity index (χ0) is 18.5. The van der Waals surface area contributed by atoms with E-state index >= 15 is 0 Å². The second kappa shape index (κ2) is 8.34. The fourth-order valence-corrected chi connectivity index (χ4v) is 2.96. The van der Waals surface area contributed by atoms with E-state index in [9.17, 15) is 4.79 Å². The molecule has 0 saturated heterocycles. The van der Waals surface area contributed by atoms with E-state index in [0.717, 1.165) is 21.3 Å². The average molecular weight is 432 g/mol. The highest BCUT2D eigenvalue weighted by Crippen LogP contribution is 2.22. The predicted octanol–water partition coefficient (Wildman–Crippen LogP) is 5.25. The highest BCUT2D eigenvalue weighted by Gasteiger charge is 2.07. The van der Waals surface area contributed by atoms with Crippen LogP contribution in [-0.2, 0) is 6.54 Å². The maximum atomic E-state index is 12.3. The monoisotopic (exact) mass is 430 g/mol. The van der Waals surface area contributed by atoms with Gasteiger partial charge in [-0.15, -0.1) is 0 Å². The molecule has 4 nitrogen and oxygen atoms in total. The summed E-state index contributed by atoms with van der Waals surface area (Å²) in [4.78, 5) is 12.3. The third-order valence-electron chi connectivity index (χ3n) is 3.79. The lowest BCUT2D eigenvalue weighted by Crippen LogP contribution is -2.02. The number of aromatic nitrogens is 2. The number of ether oxygens (including phenoxy) is 1. The Bertz CT molecular complexity index is 949. The fraction of sp³-hybridized carbons (Fsp3) is 0.100. The number of halogens is 2. The largest absolute Gasteiger partial charge is 0.496 e. The molecule has 3 aromatic rings. The quantitative estimate of drug-likeness (QED) is 0.395. The minimum atomic E-state index is -0.0740. The van der Waals surface area contributed by atoms with Crippen LogP contribution in [0.15, 0.2) is 65.4 Å². The van der Waals surface area contributed by atoms with Gasteiger partial charge in [0.25, 0.3) is 0 Å². The third-order valence-corrected chi connectivity index (χ3v) is 4.46. The molecule has 0 N–H and O–H groups in total. The number of allylic oxidation sites excluding steroid dienone is 1. The first-order chi connectivity index (χ1) is 12.5. The topological polar surface area (TPSA) is 44.1 Å². The van der Waals surface area contributed by atoms with Crippen molar-refractivity contribution in [1.82, 2.24) is 9.78 Å². The van der Waals surface area contributed by atoms with Crippen LogP contribution in [0.1, 0.15) is 21.5 Å². The third kappa shape index (κ3) is 4.62. The summed E-state index contributed by atoms with van der Waals surface area (Å²) in [6, 6.07) is 12.6. The Hall–Kier alpha value is -2.37. The molecule has 132 valence electrons. The van der Waals surface area contributed by atoms with Gasteiger partial charge in [-0.25, -0.2) is 0 Å². The standard InChI is InChI=1S/C20H16BrClN2O2/c1-26-20-9-3-14(10-16(20)12-24-13-17(21)11-23-24)2-8-19(25)15-4-6-18(22)7-5-15/h2-11,13H,12H2,1H3/b8-2+. The first-order valence-electron chi connectivity index (χ1n) is 7.88. The first-order valence-corrected chi connectivity index (χ1v) is 9.05. The van der Waals surface area contributed by atoms with E-state index in [1.54, 1.807) is 49.7 Å². The summed E-state index contributed by atoms with van der Waals surface area (Å²) in [6.45, 7) is 0.571. The van der Waals surface area contributed by atoms with Crippen LogP contribution >= 0.6 is 27.5 Å². The van der Waals surface area contributed by atoms with Crippen molar-refractivity contribution in [2.75, 3.05) is 7.11 Å². The molecule has 6 heteroatoms. The van der Waals surface area contributed by atoms with Crippen LogP contribution < -0.4 is 4.74 Å². The van der Waals surface area contributed by atoms with Crippen LogP contribution in [0.2, 0.25) is 5.02 Å². The number of carbonyl (C=O) groups is 1.